The van der Waals surface area contributed by atoms with Gasteiger partial charge in [0.05, 0.1) is 0 Å². The largest absolute Gasteiger partial charge is 0.239 e. The van der Waals surface area contributed by atoms with Crippen LogP contribution < -0.4 is 0 Å². The lowest BCUT2D eigenvalue weighted by molar-refractivity contribution is 0.577. The Kier molecular flexibility index (Phi) is 11.4. The van der Waals surface area contributed by atoms with E-state index in [0.29, 0.717) is 5.54 Å². The van der Waals surface area contributed by atoms with Crippen molar-refractivity contribution in [1.82, 2.24) is 0 Å². The van der Waals surface area contributed by atoms with Gasteiger partial charge in [-0.1, -0.05) is 51.5 Å². The molecule has 0 N–H and O–H groups in total. The molecule has 0 aromatic rings. The zero-order chi connectivity index (χ0) is 11.5. The van der Waals surface area contributed by atoms with Gasteiger partial charge in [-0.15, -0.1) is 6.58 Å². The number of allylic oxidation sites excluding steroid dienone is 1. The lowest BCUT2D eigenvalue weighted by Gasteiger charge is -2.09. The van der Waals surface area contributed by atoms with Crippen molar-refractivity contribution in [3.8, 4) is 0 Å². The summed E-state index contributed by atoms with van der Waals surface area (Å²) in [5, 5.41) is 0. The molecule has 0 radical (unpaired) electrons. The smallest absolute Gasteiger partial charge is 0.150 e. The maximum absolute atomic E-state index is 5.92. The van der Waals surface area contributed by atoms with E-state index in [0.717, 1.165) is 0 Å². The van der Waals surface area contributed by atoms with Crippen molar-refractivity contribution in [1.29, 1.82) is 0 Å². The Morgan fingerprint density at radius 2 is 1.60 bits per heavy atom. The Hall–Kier alpha value is 0.537. The van der Waals surface area contributed by atoms with Crippen molar-refractivity contribution in [2.24, 2.45) is 0 Å². The van der Waals surface area contributed by atoms with E-state index in [1.807, 2.05) is 6.08 Å². The van der Waals surface area contributed by atoms with Crippen molar-refractivity contribution in [2.75, 3.05) is 0 Å². The second-order valence-corrected chi connectivity index (χ2v) is 9.60. The fraction of sp³-hybridized carbons (Fsp3) is 0.833. The lowest BCUT2D eigenvalue weighted by Crippen LogP contribution is -2.02. The highest BCUT2D eigenvalue weighted by molar-refractivity contribution is 7.34. The van der Waals surface area contributed by atoms with Crippen molar-refractivity contribution >= 4 is 29.6 Å². The van der Waals surface area contributed by atoms with E-state index in [2.05, 4.69) is 13.5 Å². The fourth-order valence-electron chi connectivity index (χ4n) is 1.59. The Labute approximate surface area is 106 Å². The molecular formula is C12H24Cl2Si. The molecule has 0 bridgehead atoms. The molecule has 0 aliphatic carbocycles. The van der Waals surface area contributed by atoms with E-state index in [9.17, 15) is 0 Å². The molecule has 0 rings (SSSR count). The summed E-state index contributed by atoms with van der Waals surface area (Å²) in [5.41, 5.74) is 0.578. The van der Waals surface area contributed by atoms with Crippen LogP contribution in [0.15, 0.2) is 12.7 Å². The number of rotatable bonds is 10. The Balaban J connectivity index is 3.08. The summed E-state index contributed by atoms with van der Waals surface area (Å²) in [6.07, 6.45) is 12.4. The predicted molar refractivity (Wildman–Crippen MR) is 75.4 cm³/mol. The van der Waals surface area contributed by atoms with Gasteiger partial charge < -0.3 is 0 Å². The summed E-state index contributed by atoms with van der Waals surface area (Å²) in [4.78, 5) is 0. The summed E-state index contributed by atoms with van der Waals surface area (Å²) in [5.74, 6) is 0. The molecule has 0 spiro atoms. The van der Waals surface area contributed by atoms with E-state index < -0.39 is 7.42 Å². The number of unbranched alkanes of at least 4 members (excludes halogenated alkanes) is 6. The molecule has 1 unspecified atom stereocenters. The highest BCUT2D eigenvalue weighted by atomic mass is 35.7. The first-order valence-corrected chi connectivity index (χ1v) is 10.2. The third-order valence-electron chi connectivity index (χ3n) is 2.75. The Morgan fingerprint density at radius 3 is 2.13 bits per heavy atom. The van der Waals surface area contributed by atoms with Gasteiger partial charge in [0.25, 0.3) is 0 Å². The highest BCUT2D eigenvalue weighted by Gasteiger charge is 2.12. The molecule has 0 aromatic heterocycles. The van der Waals surface area contributed by atoms with E-state index in [1.54, 1.807) is 0 Å². The molecule has 0 saturated heterocycles. The molecule has 0 amide bonds. The fourth-order valence-corrected chi connectivity index (χ4v) is 2.83. The molecule has 0 fully saturated rings. The minimum Gasteiger partial charge on any atom is -0.150 e. The van der Waals surface area contributed by atoms with Crippen LogP contribution in [0.3, 0.4) is 0 Å². The first-order chi connectivity index (χ1) is 7.18. The van der Waals surface area contributed by atoms with E-state index in [4.69, 9.17) is 22.2 Å². The summed E-state index contributed by atoms with van der Waals surface area (Å²) in [6.45, 7) is 5.90. The molecule has 3 heteroatoms. The molecule has 0 aliphatic rings. The van der Waals surface area contributed by atoms with Crippen molar-refractivity contribution in [2.45, 2.75) is 63.8 Å². The molecule has 0 aliphatic heterocycles. The van der Waals surface area contributed by atoms with E-state index >= 15 is 0 Å². The minimum absolute atomic E-state index is 0.578. The Morgan fingerprint density at radius 1 is 1.07 bits per heavy atom. The summed E-state index contributed by atoms with van der Waals surface area (Å²) in [7, 11) is -1.41. The van der Waals surface area contributed by atoms with Crippen LogP contribution in [-0.4, -0.2) is 7.42 Å². The highest BCUT2D eigenvalue weighted by Crippen LogP contribution is 2.23. The first-order valence-electron chi connectivity index (χ1n) is 6.07. The van der Waals surface area contributed by atoms with Gasteiger partial charge >= 0.3 is 0 Å². The molecule has 0 saturated carbocycles. The number of halogens is 2. The van der Waals surface area contributed by atoms with Crippen LogP contribution in [0.1, 0.15) is 58.3 Å². The molecule has 90 valence electrons. The predicted octanol–water partition coefficient (Wildman–Crippen LogP) is 5.38. The van der Waals surface area contributed by atoms with Gasteiger partial charge in [0.2, 0.25) is 7.42 Å². The quantitative estimate of drug-likeness (QED) is 0.216. The Bertz CT molecular complexity index is 149. The minimum atomic E-state index is -1.41. The second kappa shape index (κ2) is 11.0. The van der Waals surface area contributed by atoms with Crippen molar-refractivity contribution in [3.05, 3.63) is 12.7 Å². The summed E-state index contributed by atoms with van der Waals surface area (Å²) >= 11 is 11.8. The molecular weight excluding hydrogens is 243 g/mol. The van der Waals surface area contributed by atoms with E-state index in [1.165, 1.54) is 51.4 Å². The standard InChI is InChI=1S/C12H24Cl2Si/c1-3-4-5-6-7-8-9-10-11-12(2)15(13)14/h3,12,15H,1,4-11H2,2H3. The van der Waals surface area contributed by atoms with Gasteiger partial charge in [0.1, 0.15) is 0 Å². The van der Waals surface area contributed by atoms with Crippen LogP contribution in [-0.2, 0) is 0 Å². The lowest BCUT2D eigenvalue weighted by atomic mass is 10.1. The zero-order valence-electron chi connectivity index (χ0n) is 9.85. The topological polar surface area (TPSA) is 0 Å². The van der Waals surface area contributed by atoms with Gasteiger partial charge in [-0.25, -0.2) is 0 Å². The normalized spacial score (nSPS) is 13.1. The number of hydrogen-bond acceptors (Lipinski definition) is 0. The van der Waals surface area contributed by atoms with Gasteiger partial charge in [-0.05, 0) is 18.4 Å². The van der Waals surface area contributed by atoms with Crippen molar-refractivity contribution in [3.63, 3.8) is 0 Å². The van der Waals surface area contributed by atoms with Crippen LogP contribution in [0.25, 0.3) is 0 Å². The van der Waals surface area contributed by atoms with Crippen LogP contribution in [0.4, 0.5) is 0 Å². The molecule has 15 heavy (non-hydrogen) atoms. The SMILES string of the molecule is C=CCCCCCCCCC(C)[SiH](Cl)Cl. The van der Waals surface area contributed by atoms with Gasteiger partial charge in [0, 0.05) is 0 Å². The van der Waals surface area contributed by atoms with Crippen LogP contribution in [0.5, 0.6) is 0 Å². The molecule has 0 aromatic carbocycles. The van der Waals surface area contributed by atoms with Crippen LogP contribution >= 0.6 is 22.2 Å². The molecule has 0 nitrogen and oxygen atoms in total. The third-order valence-corrected chi connectivity index (χ3v) is 6.52. The monoisotopic (exact) mass is 266 g/mol. The van der Waals surface area contributed by atoms with Crippen LogP contribution in [0, 0.1) is 0 Å². The van der Waals surface area contributed by atoms with Gasteiger partial charge in [-0.2, -0.15) is 22.2 Å². The van der Waals surface area contributed by atoms with Gasteiger partial charge in [0.15, 0.2) is 0 Å². The zero-order valence-corrected chi connectivity index (χ0v) is 12.5. The first kappa shape index (κ1) is 15.5. The molecule has 1 atom stereocenters. The summed E-state index contributed by atoms with van der Waals surface area (Å²) < 4.78 is 0. The molecule has 0 heterocycles. The van der Waals surface area contributed by atoms with Crippen LogP contribution in [0.2, 0.25) is 5.54 Å². The maximum atomic E-state index is 5.92. The second-order valence-electron chi connectivity index (χ2n) is 4.30. The third kappa shape index (κ3) is 10.8. The van der Waals surface area contributed by atoms with Gasteiger partial charge in [-0.3, -0.25) is 0 Å². The number of hydrogen-bond donors (Lipinski definition) is 0. The average Bonchev–Trinajstić information content (AvgIpc) is 2.21. The average molecular weight is 267 g/mol. The summed E-state index contributed by atoms with van der Waals surface area (Å²) in [6, 6.07) is 0. The van der Waals surface area contributed by atoms with Crippen molar-refractivity contribution < 1.29 is 0 Å². The van der Waals surface area contributed by atoms with E-state index in [-0.39, 0.29) is 0 Å². The maximum Gasteiger partial charge on any atom is 0.239 e.